The van der Waals surface area contributed by atoms with Crippen LogP contribution in [0.1, 0.15) is 5.56 Å². The van der Waals surface area contributed by atoms with E-state index in [0.29, 0.717) is 5.56 Å². The molecule has 1 rings (SSSR count). The summed E-state index contributed by atoms with van der Waals surface area (Å²) in [5.41, 5.74) is 0.287. The van der Waals surface area contributed by atoms with Gasteiger partial charge in [-0.25, -0.2) is 4.79 Å². The van der Waals surface area contributed by atoms with Crippen molar-refractivity contribution in [2.45, 2.75) is 0 Å². The van der Waals surface area contributed by atoms with Crippen molar-refractivity contribution < 1.29 is 9.53 Å². The zero-order valence-electron chi connectivity index (χ0n) is 6.57. The minimum absolute atomic E-state index is 0.175. The molecule has 4 nitrogen and oxygen atoms in total. The molecule has 0 saturated carbocycles. The van der Waals surface area contributed by atoms with Crippen LogP contribution in [0.4, 0.5) is 0 Å². The van der Waals surface area contributed by atoms with E-state index in [-0.39, 0.29) is 5.71 Å². The third kappa shape index (κ3) is 1.66. The van der Waals surface area contributed by atoms with Gasteiger partial charge in [0.05, 0.1) is 7.11 Å². The standard InChI is InChI=1S/C8H8N2O2/c1-12-8(11)7(9)6-3-2-4-10-5-6/h2-5,9H,1H3. The number of pyridine rings is 1. The van der Waals surface area contributed by atoms with E-state index in [1.165, 1.54) is 13.3 Å². The van der Waals surface area contributed by atoms with E-state index in [9.17, 15) is 4.79 Å². The second-order valence-corrected chi connectivity index (χ2v) is 2.11. The Hall–Kier alpha value is -1.71. The van der Waals surface area contributed by atoms with Crippen LogP contribution >= 0.6 is 0 Å². The molecule has 4 heteroatoms. The smallest absolute Gasteiger partial charge is 0.356 e. The van der Waals surface area contributed by atoms with Crippen LogP contribution in [0.5, 0.6) is 0 Å². The van der Waals surface area contributed by atoms with Gasteiger partial charge in [-0.15, -0.1) is 0 Å². The van der Waals surface area contributed by atoms with Gasteiger partial charge in [0.15, 0.2) is 0 Å². The molecule has 0 fully saturated rings. The van der Waals surface area contributed by atoms with Gasteiger partial charge >= 0.3 is 5.97 Å². The number of nitrogens with one attached hydrogen (secondary N) is 1. The second kappa shape index (κ2) is 3.61. The van der Waals surface area contributed by atoms with Crippen molar-refractivity contribution in [1.82, 2.24) is 4.98 Å². The summed E-state index contributed by atoms with van der Waals surface area (Å²) in [6.07, 6.45) is 3.02. The molecular formula is C8H8N2O2. The molecular weight excluding hydrogens is 156 g/mol. The van der Waals surface area contributed by atoms with Gasteiger partial charge in [0.25, 0.3) is 0 Å². The van der Waals surface area contributed by atoms with Crippen LogP contribution < -0.4 is 0 Å². The average Bonchev–Trinajstić information content (AvgIpc) is 2.17. The highest BCUT2D eigenvalue weighted by atomic mass is 16.5. The van der Waals surface area contributed by atoms with Crippen LogP contribution in [-0.2, 0) is 9.53 Å². The Morgan fingerprint density at radius 1 is 1.67 bits per heavy atom. The number of aromatic nitrogens is 1. The average molecular weight is 164 g/mol. The summed E-state index contributed by atoms with van der Waals surface area (Å²) < 4.78 is 4.38. The molecule has 12 heavy (non-hydrogen) atoms. The maximum absolute atomic E-state index is 10.8. The highest BCUT2D eigenvalue weighted by Crippen LogP contribution is 1.97. The first-order chi connectivity index (χ1) is 5.75. The summed E-state index contributed by atoms with van der Waals surface area (Å²) in [6.45, 7) is 0. The third-order valence-electron chi connectivity index (χ3n) is 1.34. The molecule has 0 aliphatic heterocycles. The van der Waals surface area contributed by atoms with Crippen molar-refractivity contribution >= 4 is 11.7 Å². The number of esters is 1. The molecule has 0 radical (unpaired) electrons. The molecule has 0 amide bonds. The number of rotatable bonds is 2. The van der Waals surface area contributed by atoms with Gasteiger partial charge in [-0.1, -0.05) is 0 Å². The van der Waals surface area contributed by atoms with E-state index in [1.807, 2.05) is 0 Å². The van der Waals surface area contributed by atoms with Crippen molar-refractivity contribution in [3.63, 3.8) is 0 Å². The van der Waals surface area contributed by atoms with Crippen LogP contribution in [0.15, 0.2) is 24.5 Å². The van der Waals surface area contributed by atoms with Crippen LogP contribution in [0, 0.1) is 5.41 Å². The number of methoxy groups -OCH3 is 1. The fourth-order valence-corrected chi connectivity index (χ4v) is 0.731. The maximum Gasteiger partial charge on any atom is 0.356 e. The first-order valence-electron chi connectivity index (χ1n) is 3.33. The first kappa shape index (κ1) is 8.39. The molecule has 0 bridgehead atoms. The molecule has 0 aromatic carbocycles. The predicted molar refractivity (Wildman–Crippen MR) is 43.1 cm³/mol. The molecule has 1 aromatic rings. The number of hydrogen-bond acceptors (Lipinski definition) is 4. The minimum atomic E-state index is -0.650. The van der Waals surface area contributed by atoms with Gasteiger partial charge in [0.1, 0.15) is 5.71 Å². The Morgan fingerprint density at radius 2 is 2.42 bits per heavy atom. The highest BCUT2D eigenvalue weighted by molar-refractivity contribution is 6.41. The molecule has 0 saturated heterocycles. The zero-order valence-corrected chi connectivity index (χ0v) is 6.57. The Kier molecular flexibility index (Phi) is 2.53. The van der Waals surface area contributed by atoms with Crippen LogP contribution in [0.2, 0.25) is 0 Å². The van der Waals surface area contributed by atoms with Crippen LogP contribution in [0.3, 0.4) is 0 Å². The summed E-state index contributed by atoms with van der Waals surface area (Å²) in [4.78, 5) is 14.6. The summed E-state index contributed by atoms with van der Waals surface area (Å²) in [7, 11) is 1.24. The fraction of sp³-hybridized carbons (Fsp3) is 0.125. The third-order valence-corrected chi connectivity index (χ3v) is 1.34. The van der Waals surface area contributed by atoms with Crippen molar-refractivity contribution in [1.29, 1.82) is 5.41 Å². The monoisotopic (exact) mass is 164 g/mol. The normalized spacial score (nSPS) is 9.08. The Balaban J connectivity index is 2.86. The summed E-state index contributed by atoms with van der Waals surface area (Å²) in [5, 5.41) is 7.32. The van der Waals surface area contributed by atoms with Gasteiger partial charge < -0.3 is 4.74 Å². The topological polar surface area (TPSA) is 63.0 Å². The molecule has 0 aliphatic rings. The molecule has 62 valence electrons. The SMILES string of the molecule is COC(=O)C(=N)c1cccnc1. The molecule has 1 heterocycles. The second-order valence-electron chi connectivity index (χ2n) is 2.11. The number of ether oxygens (including phenoxy) is 1. The summed E-state index contributed by atoms with van der Waals surface area (Å²) in [6, 6.07) is 3.29. The van der Waals surface area contributed by atoms with Gasteiger partial charge in [-0.05, 0) is 12.1 Å². The number of carbonyl (C=O) groups is 1. The van der Waals surface area contributed by atoms with E-state index in [1.54, 1.807) is 18.3 Å². The molecule has 0 aliphatic carbocycles. The molecule has 0 unspecified atom stereocenters. The lowest BCUT2D eigenvalue weighted by molar-refractivity contribution is -0.132. The van der Waals surface area contributed by atoms with E-state index in [4.69, 9.17) is 5.41 Å². The first-order valence-corrected chi connectivity index (χ1v) is 3.33. The van der Waals surface area contributed by atoms with Crippen molar-refractivity contribution in [3.8, 4) is 0 Å². The Morgan fingerprint density at radius 3 is 2.92 bits per heavy atom. The van der Waals surface area contributed by atoms with E-state index >= 15 is 0 Å². The van der Waals surface area contributed by atoms with Crippen molar-refractivity contribution in [2.75, 3.05) is 7.11 Å². The largest absolute Gasteiger partial charge is 0.464 e. The van der Waals surface area contributed by atoms with E-state index in [0.717, 1.165) is 0 Å². The van der Waals surface area contributed by atoms with Gasteiger partial charge in [-0.3, -0.25) is 10.4 Å². The molecule has 1 N–H and O–H groups in total. The van der Waals surface area contributed by atoms with Crippen LogP contribution in [-0.4, -0.2) is 23.8 Å². The maximum atomic E-state index is 10.8. The zero-order chi connectivity index (χ0) is 8.97. The summed E-state index contributed by atoms with van der Waals surface area (Å²) >= 11 is 0. The van der Waals surface area contributed by atoms with E-state index < -0.39 is 5.97 Å². The van der Waals surface area contributed by atoms with Gasteiger partial charge in [-0.2, -0.15) is 0 Å². The van der Waals surface area contributed by atoms with Crippen molar-refractivity contribution in [3.05, 3.63) is 30.1 Å². The summed E-state index contributed by atoms with van der Waals surface area (Å²) in [5.74, 6) is -0.650. The lowest BCUT2D eigenvalue weighted by atomic mass is 10.2. The Bertz CT molecular complexity index is 295. The molecule has 0 spiro atoms. The predicted octanol–water partition coefficient (Wildman–Crippen LogP) is 0.622. The molecule has 0 atom stereocenters. The lowest BCUT2D eigenvalue weighted by Gasteiger charge is -1.99. The minimum Gasteiger partial charge on any atom is -0.464 e. The van der Waals surface area contributed by atoms with Crippen LogP contribution in [0.25, 0.3) is 0 Å². The van der Waals surface area contributed by atoms with E-state index in [2.05, 4.69) is 9.72 Å². The fourth-order valence-electron chi connectivity index (χ4n) is 0.731. The highest BCUT2D eigenvalue weighted by Gasteiger charge is 2.10. The van der Waals surface area contributed by atoms with Gasteiger partial charge in [0.2, 0.25) is 0 Å². The number of carbonyl (C=O) groups excluding carboxylic acids is 1. The Labute approximate surface area is 69.7 Å². The quantitative estimate of drug-likeness (QED) is 0.515. The van der Waals surface area contributed by atoms with Gasteiger partial charge in [0, 0.05) is 18.0 Å². The number of hydrogen-bond donors (Lipinski definition) is 1. The number of nitrogens with zero attached hydrogens (tertiary/aromatic N) is 1. The lowest BCUT2D eigenvalue weighted by Crippen LogP contribution is -2.15. The molecule has 1 aromatic heterocycles. The van der Waals surface area contributed by atoms with Crippen molar-refractivity contribution in [2.24, 2.45) is 0 Å².